The van der Waals surface area contributed by atoms with Crippen molar-refractivity contribution in [1.82, 2.24) is 0 Å². The first-order valence-electron chi connectivity index (χ1n) is 7.21. The van der Waals surface area contributed by atoms with E-state index in [1.54, 1.807) is 6.07 Å². The van der Waals surface area contributed by atoms with Crippen LogP contribution in [-0.2, 0) is 0 Å². The number of rotatable bonds is 1. The molecule has 3 aromatic rings. The predicted molar refractivity (Wildman–Crippen MR) is 85.2 cm³/mol. The van der Waals surface area contributed by atoms with Crippen molar-refractivity contribution in [1.29, 1.82) is 0 Å². The fourth-order valence-corrected chi connectivity index (χ4v) is 2.95. The highest BCUT2D eigenvalue weighted by molar-refractivity contribution is 5.85. The van der Waals surface area contributed by atoms with E-state index in [4.69, 9.17) is 9.15 Å². The molecule has 22 heavy (non-hydrogen) atoms. The van der Waals surface area contributed by atoms with E-state index < -0.39 is 0 Å². The SMILES string of the molecule is CC1=CC(c2ccccc2)c2c(c3ccccc3oc2=O)O1. The second kappa shape index (κ2) is 4.88. The highest BCUT2D eigenvalue weighted by Gasteiger charge is 2.28. The summed E-state index contributed by atoms with van der Waals surface area (Å²) < 4.78 is 11.4. The van der Waals surface area contributed by atoms with Gasteiger partial charge < -0.3 is 9.15 Å². The molecular formula is C19H14O3. The van der Waals surface area contributed by atoms with Gasteiger partial charge in [-0.25, -0.2) is 4.79 Å². The minimum Gasteiger partial charge on any atom is -0.461 e. The van der Waals surface area contributed by atoms with Crippen LogP contribution in [0, 0.1) is 0 Å². The lowest BCUT2D eigenvalue weighted by Gasteiger charge is -2.23. The number of benzene rings is 2. The zero-order chi connectivity index (χ0) is 15.1. The molecule has 0 fully saturated rings. The molecule has 0 spiro atoms. The first-order chi connectivity index (χ1) is 10.7. The molecule has 0 N–H and O–H groups in total. The third-order valence-corrected chi connectivity index (χ3v) is 3.93. The molecule has 2 aromatic carbocycles. The summed E-state index contributed by atoms with van der Waals surface area (Å²) in [6.07, 6.45) is 1.96. The van der Waals surface area contributed by atoms with E-state index in [0.717, 1.165) is 16.7 Å². The van der Waals surface area contributed by atoms with Crippen molar-refractivity contribution in [2.45, 2.75) is 12.8 Å². The van der Waals surface area contributed by atoms with E-state index in [1.165, 1.54) is 0 Å². The van der Waals surface area contributed by atoms with Crippen LogP contribution < -0.4 is 10.4 Å². The lowest BCUT2D eigenvalue weighted by molar-refractivity contribution is 0.401. The van der Waals surface area contributed by atoms with E-state index in [9.17, 15) is 4.79 Å². The molecule has 1 aromatic heterocycles. The van der Waals surface area contributed by atoms with Crippen LogP contribution in [0.15, 0.2) is 75.6 Å². The van der Waals surface area contributed by atoms with E-state index in [0.29, 0.717) is 16.9 Å². The molecule has 108 valence electrons. The summed E-state index contributed by atoms with van der Waals surface area (Å²) in [5.41, 5.74) is 1.82. The maximum absolute atomic E-state index is 12.5. The van der Waals surface area contributed by atoms with Crippen molar-refractivity contribution in [3.8, 4) is 5.75 Å². The van der Waals surface area contributed by atoms with E-state index >= 15 is 0 Å². The molecule has 3 nitrogen and oxygen atoms in total. The summed E-state index contributed by atoms with van der Waals surface area (Å²) in [6.45, 7) is 1.91. The van der Waals surface area contributed by atoms with Crippen LogP contribution in [0.25, 0.3) is 11.0 Å². The minimum absolute atomic E-state index is 0.147. The van der Waals surface area contributed by atoms with Gasteiger partial charge in [0, 0.05) is 5.92 Å². The van der Waals surface area contributed by atoms with Crippen LogP contribution in [0.4, 0.5) is 0 Å². The molecule has 0 amide bonds. The van der Waals surface area contributed by atoms with Crippen LogP contribution in [0.3, 0.4) is 0 Å². The second-order valence-electron chi connectivity index (χ2n) is 5.40. The van der Waals surface area contributed by atoms with Gasteiger partial charge in [0.05, 0.1) is 16.7 Å². The summed E-state index contributed by atoms with van der Waals surface area (Å²) in [7, 11) is 0. The Morgan fingerprint density at radius 1 is 0.955 bits per heavy atom. The highest BCUT2D eigenvalue weighted by atomic mass is 16.5. The normalized spacial score (nSPS) is 16.8. The predicted octanol–water partition coefficient (Wildman–Crippen LogP) is 4.22. The van der Waals surface area contributed by atoms with Crippen LogP contribution in [0.5, 0.6) is 5.75 Å². The number of allylic oxidation sites excluding steroid dienone is 2. The van der Waals surface area contributed by atoms with Gasteiger partial charge in [-0.05, 0) is 30.7 Å². The van der Waals surface area contributed by atoms with Crippen molar-refractivity contribution in [2.75, 3.05) is 0 Å². The molecule has 2 heterocycles. The van der Waals surface area contributed by atoms with Crippen LogP contribution in [-0.4, -0.2) is 0 Å². The Bertz CT molecular complexity index is 936. The van der Waals surface area contributed by atoms with Gasteiger partial charge in [-0.1, -0.05) is 42.5 Å². The molecule has 0 saturated heterocycles. The lowest BCUT2D eigenvalue weighted by atomic mass is 9.89. The van der Waals surface area contributed by atoms with Crippen molar-refractivity contribution < 1.29 is 9.15 Å². The third kappa shape index (κ3) is 1.94. The van der Waals surface area contributed by atoms with Crippen molar-refractivity contribution in [3.05, 3.63) is 88.0 Å². The van der Waals surface area contributed by atoms with Crippen LogP contribution in [0.2, 0.25) is 0 Å². The molecule has 3 heteroatoms. The molecule has 0 aliphatic carbocycles. The average Bonchev–Trinajstić information content (AvgIpc) is 2.55. The molecule has 1 aliphatic heterocycles. The molecule has 1 aliphatic rings. The number of ether oxygens (including phenoxy) is 1. The van der Waals surface area contributed by atoms with E-state index in [-0.39, 0.29) is 11.5 Å². The second-order valence-corrected chi connectivity index (χ2v) is 5.40. The molecule has 1 unspecified atom stereocenters. The summed E-state index contributed by atoms with van der Waals surface area (Å²) in [6, 6.07) is 17.4. The summed E-state index contributed by atoms with van der Waals surface area (Å²) in [5, 5.41) is 0.825. The standard InChI is InChI=1S/C19H14O3/c1-12-11-15(13-7-3-2-4-8-13)17-18(21-12)14-9-5-6-10-16(14)22-19(17)20/h2-11,15H,1H3. The molecule has 0 saturated carbocycles. The van der Waals surface area contributed by atoms with Crippen molar-refractivity contribution in [2.24, 2.45) is 0 Å². The first-order valence-corrected chi connectivity index (χ1v) is 7.21. The van der Waals surface area contributed by atoms with Gasteiger partial charge in [0.1, 0.15) is 11.3 Å². The topological polar surface area (TPSA) is 39.4 Å². The maximum Gasteiger partial charge on any atom is 0.344 e. The Hall–Kier alpha value is -2.81. The zero-order valence-corrected chi connectivity index (χ0v) is 12.1. The minimum atomic E-state index is -0.341. The van der Waals surface area contributed by atoms with E-state index in [1.807, 2.05) is 61.5 Å². The molecule has 0 bridgehead atoms. The van der Waals surface area contributed by atoms with Gasteiger partial charge in [-0.15, -0.1) is 0 Å². The molecule has 0 radical (unpaired) electrons. The van der Waals surface area contributed by atoms with Gasteiger partial charge in [0.15, 0.2) is 0 Å². The molecule has 1 atom stereocenters. The zero-order valence-electron chi connectivity index (χ0n) is 12.1. The van der Waals surface area contributed by atoms with E-state index in [2.05, 4.69) is 0 Å². The Balaban J connectivity index is 2.05. The number of hydrogen-bond acceptors (Lipinski definition) is 3. The van der Waals surface area contributed by atoms with Gasteiger partial charge in [0.25, 0.3) is 0 Å². The number of fused-ring (bicyclic) bond motifs is 3. The summed E-state index contributed by atoms with van der Waals surface area (Å²) in [5.74, 6) is 1.25. The Kier molecular flexibility index (Phi) is 2.86. The van der Waals surface area contributed by atoms with Crippen LogP contribution >= 0.6 is 0 Å². The third-order valence-electron chi connectivity index (χ3n) is 3.93. The number of para-hydroxylation sites is 1. The number of hydrogen-bond donors (Lipinski definition) is 0. The first kappa shape index (κ1) is 12.9. The maximum atomic E-state index is 12.5. The smallest absolute Gasteiger partial charge is 0.344 e. The summed E-state index contributed by atoms with van der Waals surface area (Å²) in [4.78, 5) is 12.5. The Labute approximate surface area is 127 Å². The highest BCUT2D eigenvalue weighted by Crippen LogP contribution is 2.40. The van der Waals surface area contributed by atoms with Gasteiger partial charge in [-0.2, -0.15) is 0 Å². The largest absolute Gasteiger partial charge is 0.461 e. The van der Waals surface area contributed by atoms with Crippen molar-refractivity contribution >= 4 is 11.0 Å². The van der Waals surface area contributed by atoms with Gasteiger partial charge in [-0.3, -0.25) is 0 Å². The molecule has 4 rings (SSSR count). The molecular weight excluding hydrogens is 276 g/mol. The Morgan fingerprint density at radius 3 is 2.50 bits per heavy atom. The monoisotopic (exact) mass is 290 g/mol. The quantitative estimate of drug-likeness (QED) is 0.630. The van der Waals surface area contributed by atoms with Crippen LogP contribution in [0.1, 0.15) is 24.0 Å². The Morgan fingerprint density at radius 2 is 1.68 bits per heavy atom. The fraction of sp³-hybridized carbons (Fsp3) is 0.105. The average molecular weight is 290 g/mol. The fourth-order valence-electron chi connectivity index (χ4n) is 2.95. The van der Waals surface area contributed by atoms with Gasteiger partial charge in [0.2, 0.25) is 0 Å². The van der Waals surface area contributed by atoms with Gasteiger partial charge >= 0.3 is 5.63 Å². The van der Waals surface area contributed by atoms with Crippen molar-refractivity contribution in [3.63, 3.8) is 0 Å². The lowest BCUT2D eigenvalue weighted by Crippen LogP contribution is -2.19. The summed E-state index contributed by atoms with van der Waals surface area (Å²) >= 11 is 0.